The van der Waals surface area contributed by atoms with Crippen molar-refractivity contribution in [1.29, 1.82) is 0 Å². The van der Waals surface area contributed by atoms with Gasteiger partial charge in [0, 0.05) is 30.4 Å². The molecule has 1 aliphatic heterocycles. The van der Waals surface area contributed by atoms with Gasteiger partial charge in [-0.3, -0.25) is 4.99 Å². The first kappa shape index (κ1) is 22.1. The Hall–Kier alpha value is -2.60. The Morgan fingerprint density at radius 1 is 1.20 bits per heavy atom. The molecule has 1 unspecified atom stereocenters. The van der Waals surface area contributed by atoms with Crippen LogP contribution in [0.15, 0.2) is 54.0 Å². The number of nitrogens with zero attached hydrogens (tertiary/aromatic N) is 2. The average molecular weight is 416 g/mol. The summed E-state index contributed by atoms with van der Waals surface area (Å²) in [4.78, 5) is 6.36. The third kappa shape index (κ3) is 4.75. The lowest BCUT2D eigenvalue weighted by molar-refractivity contribution is -0.137. The maximum Gasteiger partial charge on any atom is 0.418 e. The zero-order chi connectivity index (χ0) is 21.9. The summed E-state index contributed by atoms with van der Waals surface area (Å²) < 4.78 is 41.8. The molecule has 0 amide bonds. The van der Waals surface area contributed by atoms with Gasteiger partial charge in [0.05, 0.1) is 17.0 Å². The molecule has 0 bridgehead atoms. The quantitative estimate of drug-likeness (QED) is 0.626. The van der Waals surface area contributed by atoms with Crippen LogP contribution in [-0.2, 0) is 6.18 Å². The molecule has 0 radical (unpaired) electrons. The third-order valence-corrected chi connectivity index (χ3v) is 5.67. The zero-order valence-electron chi connectivity index (χ0n) is 17.5. The molecule has 0 spiro atoms. The molecule has 160 valence electrons. The average Bonchev–Trinajstić information content (AvgIpc) is 2.71. The smallest absolute Gasteiger partial charge is 0.368 e. The van der Waals surface area contributed by atoms with Crippen LogP contribution < -0.4 is 10.6 Å². The van der Waals surface area contributed by atoms with Crippen molar-refractivity contribution in [3.63, 3.8) is 0 Å². The van der Waals surface area contributed by atoms with Gasteiger partial charge in [0.1, 0.15) is 0 Å². The van der Waals surface area contributed by atoms with Gasteiger partial charge >= 0.3 is 6.18 Å². The van der Waals surface area contributed by atoms with Gasteiger partial charge in [-0.25, -0.2) is 0 Å². The van der Waals surface area contributed by atoms with Gasteiger partial charge in [-0.15, -0.1) is 0 Å². The number of aliphatic imine (C=N–C) groups is 1. The van der Waals surface area contributed by atoms with Gasteiger partial charge in [-0.05, 0) is 56.4 Å². The summed E-state index contributed by atoms with van der Waals surface area (Å²) in [6.07, 6.45) is -1.63. The highest BCUT2D eigenvalue weighted by Gasteiger charge is 2.36. The minimum absolute atomic E-state index is 0.0155. The van der Waals surface area contributed by atoms with Gasteiger partial charge in [0.25, 0.3) is 0 Å². The highest BCUT2D eigenvalue weighted by Crippen LogP contribution is 2.39. The maximum atomic E-state index is 13.9. The predicted octanol–water partition coefficient (Wildman–Crippen LogP) is 5.81. The Kier molecular flexibility index (Phi) is 6.66. The summed E-state index contributed by atoms with van der Waals surface area (Å²) in [7, 11) is 0. The Labute approximate surface area is 176 Å². The molecule has 2 aromatic rings. The molecule has 1 atom stereocenters. The number of alkyl halides is 3. The lowest BCUT2D eigenvalue weighted by Gasteiger charge is -2.37. The Balaban J connectivity index is 2.02. The van der Waals surface area contributed by atoms with Gasteiger partial charge in [-0.2, -0.15) is 13.2 Å². The number of aryl methyl sites for hydroxylation is 1. The molecule has 30 heavy (non-hydrogen) atoms. The summed E-state index contributed by atoms with van der Waals surface area (Å²) in [6.45, 7) is 8.56. The van der Waals surface area contributed by atoms with Crippen LogP contribution in [0.2, 0.25) is 0 Å². The van der Waals surface area contributed by atoms with Crippen molar-refractivity contribution in [2.45, 2.75) is 45.3 Å². The number of hydrogen-bond donors (Lipinski definition) is 1. The number of benzene rings is 2. The molecule has 0 aromatic heterocycles. The van der Waals surface area contributed by atoms with Crippen LogP contribution in [0.3, 0.4) is 0 Å². The second-order valence-corrected chi connectivity index (χ2v) is 7.79. The fourth-order valence-corrected chi connectivity index (χ4v) is 4.00. The molecular weight excluding hydrogens is 387 g/mol. The first-order chi connectivity index (χ1) is 14.2. The first-order valence-electron chi connectivity index (χ1n) is 10.2. The molecule has 0 saturated carbocycles. The van der Waals surface area contributed by atoms with E-state index >= 15 is 0 Å². The summed E-state index contributed by atoms with van der Waals surface area (Å²) in [5.41, 5.74) is 8.53. The number of nitrogens with two attached hydrogens (primary N) is 1. The van der Waals surface area contributed by atoms with Gasteiger partial charge in [-0.1, -0.05) is 36.9 Å². The Morgan fingerprint density at radius 3 is 2.57 bits per heavy atom. The van der Waals surface area contributed by atoms with Crippen molar-refractivity contribution >= 4 is 17.1 Å². The van der Waals surface area contributed by atoms with E-state index in [1.807, 2.05) is 43.0 Å². The fraction of sp³-hybridized carbons (Fsp3) is 0.375. The van der Waals surface area contributed by atoms with E-state index in [1.54, 1.807) is 12.1 Å². The predicted molar refractivity (Wildman–Crippen MR) is 118 cm³/mol. The van der Waals surface area contributed by atoms with Crippen LogP contribution in [0.1, 0.15) is 48.4 Å². The van der Waals surface area contributed by atoms with Crippen LogP contribution in [0.5, 0.6) is 0 Å². The van der Waals surface area contributed by atoms with E-state index in [1.165, 1.54) is 6.07 Å². The monoisotopic (exact) mass is 415 g/mol. The van der Waals surface area contributed by atoms with Crippen LogP contribution in [0.4, 0.5) is 18.9 Å². The Morgan fingerprint density at radius 2 is 1.93 bits per heavy atom. The van der Waals surface area contributed by atoms with E-state index in [0.29, 0.717) is 23.5 Å². The van der Waals surface area contributed by atoms with Crippen molar-refractivity contribution in [3.8, 4) is 0 Å². The number of hydrogen-bond acceptors (Lipinski definition) is 3. The standard InChI is InChI=1S/C24H28F3N3/c1-16-8-4-5-10-20(16)18(3)29-22(15-28)19-11-12-23(21(14-19)24(25,26)27)30-13-7-6-9-17(30)2/h4-5,8,10-12,14,17H,3,6-7,9,13,15,28H2,1-2H3/b29-22+. The summed E-state index contributed by atoms with van der Waals surface area (Å²) in [5, 5.41) is 0. The molecule has 3 nitrogen and oxygen atoms in total. The van der Waals surface area contributed by atoms with Crippen LogP contribution in [0, 0.1) is 6.92 Å². The van der Waals surface area contributed by atoms with Crippen molar-refractivity contribution < 1.29 is 13.2 Å². The normalized spacial score (nSPS) is 17.9. The maximum absolute atomic E-state index is 13.9. The molecule has 2 N–H and O–H groups in total. The van der Waals surface area contributed by atoms with E-state index in [9.17, 15) is 13.2 Å². The summed E-state index contributed by atoms with van der Waals surface area (Å²) in [5.74, 6) is 0. The topological polar surface area (TPSA) is 41.6 Å². The summed E-state index contributed by atoms with van der Waals surface area (Å²) >= 11 is 0. The second kappa shape index (κ2) is 9.04. The van der Waals surface area contributed by atoms with Gasteiger partial charge in [0.15, 0.2) is 0 Å². The van der Waals surface area contributed by atoms with Gasteiger partial charge in [0.2, 0.25) is 0 Å². The lowest BCUT2D eigenvalue weighted by atomic mass is 9.98. The molecule has 6 heteroatoms. The van der Waals surface area contributed by atoms with Crippen LogP contribution >= 0.6 is 0 Å². The third-order valence-electron chi connectivity index (χ3n) is 5.67. The van der Waals surface area contributed by atoms with Crippen molar-refractivity contribution in [1.82, 2.24) is 0 Å². The highest BCUT2D eigenvalue weighted by atomic mass is 19.4. The zero-order valence-corrected chi connectivity index (χ0v) is 17.5. The van der Waals surface area contributed by atoms with E-state index in [-0.39, 0.29) is 18.3 Å². The van der Waals surface area contributed by atoms with E-state index in [2.05, 4.69) is 11.6 Å². The number of piperidine rings is 1. The van der Waals surface area contributed by atoms with Crippen molar-refractivity contribution in [3.05, 3.63) is 71.3 Å². The molecule has 1 aliphatic rings. The molecule has 1 heterocycles. The SMILES string of the molecule is C=C(/N=C(\CN)c1ccc(N2CCCCC2C)c(C(F)(F)F)c1)c1ccccc1C. The van der Waals surface area contributed by atoms with Crippen LogP contribution in [-0.4, -0.2) is 24.8 Å². The number of rotatable bonds is 5. The number of halogens is 3. The highest BCUT2D eigenvalue weighted by molar-refractivity contribution is 6.05. The molecule has 0 aliphatic carbocycles. The molecular formula is C24H28F3N3. The fourth-order valence-electron chi connectivity index (χ4n) is 4.00. The van der Waals surface area contributed by atoms with Crippen molar-refractivity contribution in [2.24, 2.45) is 10.7 Å². The second-order valence-electron chi connectivity index (χ2n) is 7.79. The minimum Gasteiger partial charge on any atom is -0.368 e. The number of anilines is 1. The van der Waals surface area contributed by atoms with E-state index < -0.39 is 11.7 Å². The lowest BCUT2D eigenvalue weighted by Crippen LogP contribution is -2.38. The van der Waals surface area contributed by atoms with Gasteiger partial charge < -0.3 is 10.6 Å². The van der Waals surface area contributed by atoms with Crippen molar-refractivity contribution in [2.75, 3.05) is 18.0 Å². The van der Waals surface area contributed by atoms with E-state index in [0.717, 1.165) is 30.4 Å². The van der Waals surface area contributed by atoms with Crippen LogP contribution in [0.25, 0.3) is 5.70 Å². The largest absolute Gasteiger partial charge is 0.418 e. The Bertz CT molecular complexity index is 947. The first-order valence-corrected chi connectivity index (χ1v) is 10.2. The van der Waals surface area contributed by atoms with E-state index in [4.69, 9.17) is 5.73 Å². The molecule has 2 aromatic carbocycles. The summed E-state index contributed by atoms with van der Waals surface area (Å²) in [6, 6.07) is 12.1. The minimum atomic E-state index is -4.46. The molecule has 3 rings (SSSR count). The molecule has 1 fully saturated rings. The molecule has 1 saturated heterocycles.